The summed E-state index contributed by atoms with van der Waals surface area (Å²) in [6.07, 6.45) is 0. The quantitative estimate of drug-likeness (QED) is 0.888. The first kappa shape index (κ1) is 14.3. The van der Waals surface area contributed by atoms with E-state index in [0.717, 1.165) is 0 Å². The fourth-order valence-electron chi connectivity index (χ4n) is 1.71. The zero-order chi connectivity index (χ0) is 14.8. The predicted octanol–water partition coefficient (Wildman–Crippen LogP) is 2.75. The highest BCUT2D eigenvalue weighted by atomic mass is 32.1. The summed E-state index contributed by atoms with van der Waals surface area (Å²) < 4.78 is 4.95. The Balaban J connectivity index is 1.99. The van der Waals surface area contributed by atoms with E-state index in [1.165, 1.54) is 17.0 Å². The fourth-order valence-corrected chi connectivity index (χ4v) is 2.57. The Hall–Kier alpha value is -2.08. The highest BCUT2D eigenvalue weighted by Gasteiger charge is 2.23. The number of hydrogen-bond acceptors (Lipinski definition) is 4. The number of nitrogens with one attached hydrogen (secondary N) is 1. The molecule has 6 heteroatoms. The molecule has 0 spiro atoms. The van der Waals surface area contributed by atoms with Crippen LogP contribution in [0.5, 0.6) is 0 Å². The Labute approximate surface area is 120 Å². The lowest BCUT2D eigenvalue weighted by Crippen LogP contribution is -2.36. The second kappa shape index (κ2) is 5.50. The maximum atomic E-state index is 11.9. The van der Waals surface area contributed by atoms with Crippen LogP contribution in [0.2, 0.25) is 0 Å². The van der Waals surface area contributed by atoms with Crippen LogP contribution in [0.1, 0.15) is 39.8 Å². The number of carbonyl (C=O) groups is 2. The molecular formula is C14H15NO4S. The van der Waals surface area contributed by atoms with E-state index in [9.17, 15) is 9.59 Å². The van der Waals surface area contributed by atoms with Gasteiger partial charge in [-0.05, 0) is 23.6 Å². The number of rotatable bonds is 5. The summed E-state index contributed by atoms with van der Waals surface area (Å²) in [6, 6.07) is 6.61. The monoisotopic (exact) mass is 293 g/mol. The van der Waals surface area contributed by atoms with Gasteiger partial charge in [-0.2, -0.15) is 0 Å². The van der Waals surface area contributed by atoms with Gasteiger partial charge in [-0.1, -0.05) is 19.9 Å². The van der Waals surface area contributed by atoms with E-state index in [4.69, 9.17) is 9.52 Å². The smallest absolute Gasteiger partial charge is 0.371 e. The first-order chi connectivity index (χ1) is 9.40. The zero-order valence-electron chi connectivity index (χ0n) is 11.2. The fraction of sp³-hybridized carbons (Fsp3) is 0.286. The molecule has 0 saturated heterocycles. The molecule has 0 aliphatic carbocycles. The molecule has 0 fully saturated rings. The first-order valence-corrected chi connectivity index (χ1v) is 6.93. The summed E-state index contributed by atoms with van der Waals surface area (Å²) in [5, 5.41) is 13.5. The maximum absolute atomic E-state index is 11.9. The van der Waals surface area contributed by atoms with Crippen molar-refractivity contribution in [2.75, 3.05) is 6.54 Å². The van der Waals surface area contributed by atoms with Crippen LogP contribution in [0, 0.1) is 0 Å². The van der Waals surface area contributed by atoms with Gasteiger partial charge < -0.3 is 14.8 Å². The Kier molecular flexibility index (Phi) is 3.94. The van der Waals surface area contributed by atoms with Crippen molar-refractivity contribution < 1.29 is 19.1 Å². The van der Waals surface area contributed by atoms with Crippen molar-refractivity contribution in [2.45, 2.75) is 19.3 Å². The molecule has 0 aliphatic rings. The number of aromatic carboxylic acids is 1. The Bertz CT molecular complexity index is 613. The van der Waals surface area contributed by atoms with Crippen molar-refractivity contribution >= 4 is 23.2 Å². The number of thiophene rings is 1. The Morgan fingerprint density at radius 2 is 2.00 bits per heavy atom. The topological polar surface area (TPSA) is 79.5 Å². The summed E-state index contributed by atoms with van der Waals surface area (Å²) in [5.41, 5.74) is -0.188. The third-order valence-electron chi connectivity index (χ3n) is 2.92. The van der Waals surface area contributed by atoms with Crippen LogP contribution >= 0.6 is 11.3 Å². The van der Waals surface area contributed by atoms with E-state index < -0.39 is 11.9 Å². The molecule has 20 heavy (non-hydrogen) atoms. The number of carbonyl (C=O) groups excluding carboxylic acids is 1. The van der Waals surface area contributed by atoms with E-state index >= 15 is 0 Å². The zero-order valence-corrected chi connectivity index (χ0v) is 12.0. The molecule has 2 N–H and O–H groups in total. The van der Waals surface area contributed by atoms with Gasteiger partial charge in [0.1, 0.15) is 0 Å². The van der Waals surface area contributed by atoms with Crippen LogP contribution in [0.25, 0.3) is 0 Å². The molecule has 2 aromatic heterocycles. The highest BCUT2D eigenvalue weighted by Crippen LogP contribution is 2.26. The summed E-state index contributed by atoms with van der Waals surface area (Å²) in [7, 11) is 0. The molecule has 2 rings (SSSR count). The standard InChI is InChI=1S/C14H15NO4S/c1-14(2,11-4-3-7-20-11)8-15-12(16)9-5-6-10(19-9)13(17)18/h3-7H,8H2,1-2H3,(H,15,16)(H,17,18). The van der Waals surface area contributed by atoms with E-state index in [-0.39, 0.29) is 16.9 Å². The molecule has 5 nitrogen and oxygen atoms in total. The van der Waals surface area contributed by atoms with Crippen LogP contribution in [0.15, 0.2) is 34.1 Å². The van der Waals surface area contributed by atoms with Crippen molar-refractivity contribution in [1.29, 1.82) is 0 Å². The minimum atomic E-state index is -1.19. The average molecular weight is 293 g/mol. The number of carboxylic acids is 1. The van der Waals surface area contributed by atoms with Gasteiger partial charge in [0, 0.05) is 16.8 Å². The molecule has 0 aromatic carbocycles. The van der Waals surface area contributed by atoms with Crippen LogP contribution in [0.3, 0.4) is 0 Å². The summed E-state index contributed by atoms with van der Waals surface area (Å²) in [6.45, 7) is 4.50. The Morgan fingerprint density at radius 1 is 1.30 bits per heavy atom. The van der Waals surface area contributed by atoms with E-state index in [1.807, 2.05) is 31.4 Å². The van der Waals surface area contributed by atoms with E-state index in [0.29, 0.717) is 6.54 Å². The SMILES string of the molecule is CC(C)(CNC(=O)c1ccc(C(=O)O)o1)c1cccs1. The van der Waals surface area contributed by atoms with Gasteiger partial charge in [0.15, 0.2) is 5.76 Å². The van der Waals surface area contributed by atoms with Crippen LogP contribution in [0.4, 0.5) is 0 Å². The third-order valence-corrected chi connectivity index (χ3v) is 4.16. The molecule has 0 unspecified atom stereocenters. The average Bonchev–Trinajstić information content (AvgIpc) is 3.06. The van der Waals surface area contributed by atoms with Crippen molar-refractivity contribution in [3.8, 4) is 0 Å². The number of amides is 1. The van der Waals surface area contributed by atoms with Crippen LogP contribution < -0.4 is 5.32 Å². The number of carboxylic acid groups (broad SMARTS) is 1. The summed E-state index contributed by atoms with van der Waals surface area (Å²) in [5.74, 6) is -1.85. The lowest BCUT2D eigenvalue weighted by molar-refractivity contribution is 0.0659. The molecule has 1 amide bonds. The van der Waals surface area contributed by atoms with Crippen molar-refractivity contribution in [3.63, 3.8) is 0 Å². The van der Waals surface area contributed by atoms with Gasteiger partial charge in [-0.3, -0.25) is 4.79 Å². The van der Waals surface area contributed by atoms with E-state index in [1.54, 1.807) is 11.3 Å². The second-order valence-electron chi connectivity index (χ2n) is 5.01. The van der Waals surface area contributed by atoms with E-state index in [2.05, 4.69) is 5.32 Å². The van der Waals surface area contributed by atoms with Crippen molar-refractivity contribution in [3.05, 3.63) is 46.0 Å². The van der Waals surface area contributed by atoms with Crippen LogP contribution in [-0.2, 0) is 5.41 Å². The summed E-state index contributed by atoms with van der Waals surface area (Å²) >= 11 is 1.63. The summed E-state index contributed by atoms with van der Waals surface area (Å²) in [4.78, 5) is 23.8. The maximum Gasteiger partial charge on any atom is 0.371 e. The molecule has 0 bridgehead atoms. The minimum Gasteiger partial charge on any atom is -0.475 e. The van der Waals surface area contributed by atoms with Gasteiger partial charge >= 0.3 is 5.97 Å². The number of hydrogen-bond donors (Lipinski definition) is 2. The van der Waals surface area contributed by atoms with Crippen molar-refractivity contribution in [1.82, 2.24) is 5.32 Å². The number of furan rings is 1. The molecule has 0 saturated carbocycles. The molecule has 2 heterocycles. The predicted molar refractivity (Wildman–Crippen MR) is 75.3 cm³/mol. The first-order valence-electron chi connectivity index (χ1n) is 6.05. The molecule has 106 valence electrons. The lowest BCUT2D eigenvalue weighted by atomic mass is 9.91. The normalized spacial score (nSPS) is 11.3. The van der Waals surface area contributed by atoms with Gasteiger partial charge in [0.25, 0.3) is 5.91 Å². The van der Waals surface area contributed by atoms with Gasteiger partial charge in [0.2, 0.25) is 5.76 Å². The van der Waals surface area contributed by atoms with Crippen molar-refractivity contribution in [2.24, 2.45) is 0 Å². The minimum absolute atomic E-state index is 0.00406. The van der Waals surface area contributed by atoms with Gasteiger partial charge in [0.05, 0.1) is 0 Å². The molecule has 0 atom stereocenters. The Morgan fingerprint density at radius 3 is 2.55 bits per heavy atom. The van der Waals surface area contributed by atoms with Crippen LogP contribution in [-0.4, -0.2) is 23.5 Å². The third kappa shape index (κ3) is 3.08. The molecule has 0 radical (unpaired) electrons. The molecule has 0 aliphatic heterocycles. The molecule has 2 aromatic rings. The molecular weight excluding hydrogens is 278 g/mol. The van der Waals surface area contributed by atoms with Gasteiger partial charge in [-0.25, -0.2) is 4.79 Å². The highest BCUT2D eigenvalue weighted by molar-refractivity contribution is 7.10. The largest absolute Gasteiger partial charge is 0.475 e. The lowest BCUT2D eigenvalue weighted by Gasteiger charge is -2.23. The van der Waals surface area contributed by atoms with Gasteiger partial charge in [-0.15, -0.1) is 11.3 Å². The second-order valence-corrected chi connectivity index (χ2v) is 5.96.